The fourth-order valence-corrected chi connectivity index (χ4v) is 1.93. The number of nitrogen functional groups attached to an aromatic ring is 1. The first-order valence-corrected chi connectivity index (χ1v) is 5.69. The standard InChI is InChI=1S/C10H11N5OS/c11-4-6-1-2-9(13-5-6)17-10-14-7(12)3-8(16)15-10/h1-3,5H,4,11H2,(H3,12,14,15,16). The number of nitrogens with one attached hydrogen (secondary N) is 1. The van der Waals surface area contributed by atoms with E-state index in [0.29, 0.717) is 11.7 Å². The number of aromatic nitrogens is 3. The SMILES string of the molecule is NCc1ccc(Sc2nc(N)cc(=O)[nH]2)nc1. The molecule has 0 fully saturated rings. The first-order valence-electron chi connectivity index (χ1n) is 4.87. The average molecular weight is 249 g/mol. The molecule has 88 valence electrons. The number of rotatable bonds is 3. The molecule has 2 aromatic rings. The van der Waals surface area contributed by atoms with Gasteiger partial charge in [0.05, 0.1) is 0 Å². The van der Waals surface area contributed by atoms with Gasteiger partial charge >= 0.3 is 0 Å². The summed E-state index contributed by atoms with van der Waals surface area (Å²) in [5, 5.41) is 1.14. The largest absolute Gasteiger partial charge is 0.383 e. The Morgan fingerprint density at radius 3 is 2.82 bits per heavy atom. The van der Waals surface area contributed by atoms with Crippen LogP contribution in [0.3, 0.4) is 0 Å². The van der Waals surface area contributed by atoms with Gasteiger partial charge in [0.25, 0.3) is 5.56 Å². The van der Waals surface area contributed by atoms with E-state index < -0.39 is 0 Å². The van der Waals surface area contributed by atoms with Crippen LogP contribution in [0.1, 0.15) is 5.56 Å². The summed E-state index contributed by atoms with van der Waals surface area (Å²) >= 11 is 1.24. The summed E-state index contributed by atoms with van der Waals surface area (Å²) in [5.74, 6) is 0.190. The Morgan fingerprint density at radius 1 is 1.41 bits per heavy atom. The Kier molecular flexibility index (Phi) is 3.40. The second kappa shape index (κ2) is 4.98. The zero-order valence-electron chi connectivity index (χ0n) is 8.88. The Bertz CT molecular complexity index is 566. The summed E-state index contributed by atoms with van der Waals surface area (Å²) in [4.78, 5) is 21.9. The normalized spacial score (nSPS) is 10.4. The molecule has 0 aliphatic carbocycles. The predicted molar refractivity (Wildman–Crippen MR) is 65.5 cm³/mol. The number of nitrogens with zero attached hydrogens (tertiary/aromatic N) is 2. The molecule has 0 bridgehead atoms. The van der Waals surface area contributed by atoms with Gasteiger partial charge in [-0.1, -0.05) is 6.07 Å². The van der Waals surface area contributed by atoms with Gasteiger partial charge in [-0.3, -0.25) is 4.79 Å². The van der Waals surface area contributed by atoms with Crippen LogP contribution in [0.25, 0.3) is 0 Å². The van der Waals surface area contributed by atoms with Crippen molar-refractivity contribution in [2.75, 3.05) is 5.73 Å². The summed E-state index contributed by atoms with van der Waals surface area (Å²) in [7, 11) is 0. The maximum absolute atomic E-state index is 11.2. The molecule has 7 heteroatoms. The van der Waals surface area contributed by atoms with Crippen molar-refractivity contribution < 1.29 is 0 Å². The fraction of sp³-hybridized carbons (Fsp3) is 0.100. The quantitative estimate of drug-likeness (QED) is 0.677. The van der Waals surface area contributed by atoms with Crippen molar-refractivity contribution in [1.29, 1.82) is 0 Å². The van der Waals surface area contributed by atoms with Crippen molar-refractivity contribution in [2.24, 2.45) is 5.73 Å². The van der Waals surface area contributed by atoms with E-state index in [-0.39, 0.29) is 11.4 Å². The van der Waals surface area contributed by atoms with Crippen LogP contribution in [-0.4, -0.2) is 15.0 Å². The first kappa shape index (κ1) is 11.6. The molecule has 2 heterocycles. The smallest absolute Gasteiger partial charge is 0.253 e. The van der Waals surface area contributed by atoms with Crippen LogP contribution >= 0.6 is 11.8 Å². The molecule has 2 aromatic heterocycles. The molecule has 0 aliphatic heterocycles. The van der Waals surface area contributed by atoms with Crippen molar-refractivity contribution in [3.63, 3.8) is 0 Å². The second-order valence-electron chi connectivity index (χ2n) is 3.29. The predicted octanol–water partition coefficient (Wildman–Crippen LogP) is 0.357. The van der Waals surface area contributed by atoms with Crippen molar-refractivity contribution >= 4 is 17.6 Å². The van der Waals surface area contributed by atoms with Crippen molar-refractivity contribution in [3.8, 4) is 0 Å². The van der Waals surface area contributed by atoms with Gasteiger partial charge in [0, 0.05) is 18.8 Å². The van der Waals surface area contributed by atoms with E-state index >= 15 is 0 Å². The van der Waals surface area contributed by atoms with Gasteiger partial charge in [0.2, 0.25) is 0 Å². The number of nitrogens with two attached hydrogens (primary N) is 2. The topological polar surface area (TPSA) is 111 Å². The van der Waals surface area contributed by atoms with Gasteiger partial charge in [0.15, 0.2) is 5.16 Å². The number of aromatic amines is 1. The number of pyridine rings is 1. The Labute approximate surface area is 101 Å². The second-order valence-corrected chi connectivity index (χ2v) is 4.30. The maximum atomic E-state index is 11.2. The van der Waals surface area contributed by atoms with Gasteiger partial charge in [-0.2, -0.15) is 0 Å². The molecule has 17 heavy (non-hydrogen) atoms. The molecular weight excluding hydrogens is 238 g/mol. The molecule has 0 unspecified atom stereocenters. The number of hydrogen-bond acceptors (Lipinski definition) is 6. The van der Waals surface area contributed by atoms with Gasteiger partial charge in [-0.25, -0.2) is 9.97 Å². The highest BCUT2D eigenvalue weighted by molar-refractivity contribution is 7.99. The summed E-state index contributed by atoms with van der Waals surface area (Å²) in [5.41, 5.74) is 11.6. The minimum absolute atomic E-state index is 0.190. The Hall–Kier alpha value is -1.86. The van der Waals surface area contributed by atoms with Crippen molar-refractivity contribution in [2.45, 2.75) is 16.7 Å². The van der Waals surface area contributed by atoms with Crippen LogP contribution in [0.15, 0.2) is 39.4 Å². The van der Waals surface area contributed by atoms with Crippen LogP contribution in [0.5, 0.6) is 0 Å². The molecule has 0 aromatic carbocycles. The number of H-pyrrole nitrogens is 1. The average Bonchev–Trinajstić information content (AvgIpc) is 2.28. The van der Waals surface area contributed by atoms with Crippen LogP contribution in [0.4, 0.5) is 5.82 Å². The lowest BCUT2D eigenvalue weighted by atomic mass is 10.3. The Morgan fingerprint density at radius 2 is 2.24 bits per heavy atom. The lowest BCUT2D eigenvalue weighted by Gasteiger charge is -2.01. The lowest BCUT2D eigenvalue weighted by molar-refractivity contribution is 0.937. The highest BCUT2D eigenvalue weighted by atomic mass is 32.2. The zero-order chi connectivity index (χ0) is 12.3. The molecular formula is C10H11N5OS. The van der Waals surface area contributed by atoms with Gasteiger partial charge in [-0.05, 0) is 23.4 Å². The molecule has 0 atom stereocenters. The summed E-state index contributed by atoms with van der Waals surface area (Å²) in [6.45, 7) is 0.450. The van der Waals surface area contributed by atoms with E-state index in [9.17, 15) is 4.79 Å². The first-order chi connectivity index (χ1) is 8.17. The van der Waals surface area contributed by atoms with Crippen LogP contribution < -0.4 is 17.0 Å². The van der Waals surface area contributed by atoms with E-state index in [1.54, 1.807) is 6.20 Å². The van der Waals surface area contributed by atoms with Gasteiger partial charge in [-0.15, -0.1) is 0 Å². The summed E-state index contributed by atoms with van der Waals surface area (Å²) < 4.78 is 0. The maximum Gasteiger partial charge on any atom is 0.253 e. The third-order valence-corrected chi connectivity index (χ3v) is 2.81. The molecule has 0 saturated carbocycles. The number of anilines is 1. The third kappa shape index (κ3) is 3.05. The lowest BCUT2D eigenvalue weighted by Crippen LogP contribution is -2.09. The Balaban J connectivity index is 2.22. The third-order valence-electron chi connectivity index (χ3n) is 1.97. The summed E-state index contributed by atoms with van der Waals surface area (Å²) in [6, 6.07) is 4.92. The summed E-state index contributed by atoms with van der Waals surface area (Å²) in [6.07, 6.45) is 1.69. The van der Waals surface area contributed by atoms with Crippen LogP contribution in [0.2, 0.25) is 0 Å². The highest BCUT2D eigenvalue weighted by Crippen LogP contribution is 2.21. The van der Waals surface area contributed by atoms with E-state index in [1.165, 1.54) is 17.8 Å². The van der Waals surface area contributed by atoms with Gasteiger partial charge < -0.3 is 16.5 Å². The molecule has 0 amide bonds. The zero-order valence-corrected chi connectivity index (χ0v) is 9.70. The molecule has 0 spiro atoms. The molecule has 0 saturated heterocycles. The van der Waals surface area contributed by atoms with E-state index in [1.807, 2.05) is 12.1 Å². The molecule has 5 N–H and O–H groups in total. The molecule has 0 radical (unpaired) electrons. The molecule has 0 aliphatic rings. The minimum Gasteiger partial charge on any atom is -0.383 e. The van der Waals surface area contributed by atoms with E-state index in [0.717, 1.165) is 10.6 Å². The monoisotopic (exact) mass is 249 g/mol. The van der Waals surface area contributed by atoms with E-state index in [4.69, 9.17) is 11.5 Å². The molecule has 6 nitrogen and oxygen atoms in total. The van der Waals surface area contributed by atoms with Crippen LogP contribution in [-0.2, 0) is 6.54 Å². The fourth-order valence-electron chi connectivity index (χ4n) is 1.19. The minimum atomic E-state index is -0.279. The highest BCUT2D eigenvalue weighted by Gasteiger charge is 2.03. The van der Waals surface area contributed by atoms with E-state index in [2.05, 4.69) is 15.0 Å². The van der Waals surface area contributed by atoms with Crippen LogP contribution in [0, 0.1) is 0 Å². The van der Waals surface area contributed by atoms with Crippen molar-refractivity contribution in [3.05, 3.63) is 40.3 Å². The molecule has 2 rings (SSSR count). The van der Waals surface area contributed by atoms with Gasteiger partial charge in [0.1, 0.15) is 10.8 Å². The number of hydrogen-bond donors (Lipinski definition) is 3. The van der Waals surface area contributed by atoms with Crippen molar-refractivity contribution in [1.82, 2.24) is 15.0 Å².